The van der Waals surface area contributed by atoms with Crippen LogP contribution >= 0.6 is 11.6 Å². The normalized spacial score (nSPS) is 10.4. The van der Waals surface area contributed by atoms with Crippen molar-refractivity contribution < 1.29 is 24.2 Å². The summed E-state index contributed by atoms with van der Waals surface area (Å²) in [5.74, 6) is -0.949. The molecule has 1 amide bonds. The summed E-state index contributed by atoms with van der Waals surface area (Å²) in [4.78, 5) is 21.9. The number of rotatable bonds is 5. The average molecular weight is 300 g/mol. The van der Waals surface area contributed by atoms with Crippen LogP contribution in [0, 0.1) is 0 Å². The van der Waals surface area contributed by atoms with Gasteiger partial charge < -0.3 is 19.9 Å². The number of ether oxygens (including phenoxy) is 2. The molecule has 1 aromatic carbocycles. The molecule has 0 atom stereocenters. The molecule has 20 heavy (non-hydrogen) atoms. The molecule has 0 aliphatic rings. The second-order valence-electron chi connectivity index (χ2n) is 3.74. The summed E-state index contributed by atoms with van der Waals surface area (Å²) in [7, 11) is 2.81. The predicted octanol–water partition coefficient (Wildman–Crippen LogP) is 2.41. The lowest BCUT2D eigenvalue weighted by Crippen LogP contribution is -2.09. The highest BCUT2D eigenvalue weighted by Crippen LogP contribution is 2.43. The number of carbonyl (C=O) groups excluding carboxylic acids is 1. The molecular weight excluding hydrogens is 286 g/mol. The zero-order valence-corrected chi connectivity index (χ0v) is 11.9. The summed E-state index contributed by atoms with van der Waals surface area (Å²) in [5, 5.41) is 11.4. The highest BCUT2D eigenvalue weighted by Gasteiger charge is 2.18. The molecule has 0 spiro atoms. The van der Waals surface area contributed by atoms with Crippen LogP contribution in [0.3, 0.4) is 0 Å². The summed E-state index contributed by atoms with van der Waals surface area (Å²) in [6.07, 6.45) is 2.25. The maximum Gasteiger partial charge on any atom is 0.328 e. The van der Waals surface area contributed by atoms with E-state index in [4.69, 9.17) is 26.2 Å². The van der Waals surface area contributed by atoms with Crippen molar-refractivity contribution in [1.82, 2.24) is 0 Å². The Morgan fingerprint density at radius 3 is 2.45 bits per heavy atom. The molecule has 0 unspecified atom stereocenters. The van der Waals surface area contributed by atoms with E-state index in [1.807, 2.05) is 0 Å². The molecule has 108 valence electrons. The van der Waals surface area contributed by atoms with Crippen molar-refractivity contribution in [2.24, 2.45) is 0 Å². The number of nitrogens with one attached hydrogen (secondary N) is 1. The van der Waals surface area contributed by atoms with Crippen LogP contribution in [0.4, 0.5) is 5.69 Å². The number of halogens is 1. The van der Waals surface area contributed by atoms with Gasteiger partial charge in [0.2, 0.25) is 5.91 Å². The van der Waals surface area contributed by atoms with Gasteiger partial charge >= 0.3 is 5.97 Å². The monoisotopic (exact) mass is 299 g/mol. The molecule has 0 heterocycles. The maximum absolute atomic E-state index is 11.3. The Hall–Kier alpha value is -2.21. The van der Waals surface area contributed by atoms with Crippen LogP contribution in [0.25, 0.3) is 6.08 Å². The molecule has 2 N–H and O–H groups in total. The van der Waals surface area contributed by atoms with Crippen molar-refractivity contribution >= 4 is 35.2 Å². The first-order valence-electron chi connectivity index (χ1n) is 5.53. The summed E-state index contributed by atoms with van der Waals surface area (Å²) in [6, 6.07) is 1.51. The minimum Gasteiger partial charge on any atom is -0.495 e. The summed E-state index contributed by atoms with van der Waals surface area (Å²) in [5.41, 5.74) is 0.684. The molecular formula is C13H14ClNO5. The zero-order chi connectivity index (χ0) is 15.3. The second kappa shape index (κ2) is 6.81. The van der Waals surface area contributed by atoms with E-state index in [2.05, 4.69) is 5.32 Å². The van der Waals surface area contributed by atoms with Gasteiger partial charge in [-0.2, -0.15) is 0 Å². The maximum atomic E-state index is 11.3. The summed E-state index contributed by atoms with van der Waals surface area (Å²) in [6.45, 7) is 1.32. The van der Waals surface area contributed by atoms with E-state index in [0.717, 1.165) is 6.08 Å². The van der Waals surface area contributed by atoms with Gasteiger partial charge in [-0.1, -0.05) is 11.6 Å². The minimum absolute atomic E-state index is 0.186. The largest absolute Gasteiger partial charge is 0.495 e. The lowest BCUT2D eigenvalue weighted by Gasteiger charge is -2.16. The van der Waals surface area contributed by atoms with Crippen molar-refractivity contribution in [3.63, 3.8) is 0 Å². The van der Waals surface area contributed by atoms with Gasteiger partial charge in [0.15, 0.2) is 5.75 Å². The van der Waals surface area contributed by atoms with Gasteiger partial charge in [0.05, 0.1) is 19.9 Å². The van der Waals surface area contributed by atoms with Crippen LogP contribution < -0.4 is 14.8 Å². The first-order valence-corrected chi connectivity index (χ1v) is 5.91. The molecule has 1 rings (SSSR count). The first kappa shape index (κ1) is 15.8. The number of benzene rings is 1. The lowest BCUT2D eigenvalue weighted by atomic mass is 10.1. The Labute approximate surface area is 120 Å². The van der Waals surface area contributed by atoms with Gasteiger partial charge in [0.25, 0.3) is 0 Å². The Balaban J connectivity index is 3.51. The summed E-state index contributed by atoms with van der Waals surface area (Å²) >= 11 is 6.09. The van der Waals surface area contributed by atoms with Crippen LogP contribution in [-0.2, 0) is 9.59 Å². The molecule has 0 saturated heterocycles. The van der Waals surface area contributed by atoms with Gasteiger partial charge in [-0.25, -0.2) is 4.79 Å². The number of methoxy groups -OCH3 is 2. The van der Waals surface area contributed by atoms with E-state index in [9.17, 15) is 9.59 Å². The van der Waals surface area contributed by atoms with Crippen molar-refractivity contribution in [1.29, 1.82) is 0 Å². The fourth-order valence-electron chi connectivity index (χ4n) is 1.57. The minimum atomic E-state index is -1.12. The molecule has 0 saturated carbocycles. The number of anilines is 1. The van der Waals surface area contributed by atoms with Gasteiger partial charge in [-0.15, -0.1) is 0 Å². The molecule has 0 aliphatic carbocycles. The third-order valence-corrected chi connectivity index (χ3v) is 2.71. The number of amides is 1. The van der Waals surface area contributed by atoms with Crippen LogP contribution in [0.1, 0.15) is 12.5 Å². The van der Waals surface area contributed by atoms with Gasteiger partial charge in [-0.3, -0.25) is 4.79 Å². The number of aliphatic carboxylic acids is 1. The number of carboxylic acids is 1. The van der Waals surface area contributed by atoms with Gasteiger partial charge in [-0.05, 0) is 12.1 Å². The highest BCUT2D eigenvalue weighted by atomic mass is 35.5. The first-order chi connectivity index (χ1) is 9.40. The fourth-order valence-corrected chi connectivity index (χ4v) is 1.87. The molecule has 0 aromatic heterocycles. The number of carbonyl (C=O) groups is 2. The molecule has 0 radical (unpaired) electrons. The molecule has 0 aliphatic heterocycles. The third-order valence-electron chi connectivity index (χ3n) is 2.35. The van der Waals surface area contributed by atoms with E-state index >= 15 is 0 Å². The fraction of sp³-hybridized carbons (Fsp3) is 0.231. The van der Waals surface area contributed by atoms with Crippen LogP contribution in [0.5, 0.6) is 11.5 Å². The number of carboxylic acid groups (broad SMARTS) is 1. The van der Waals surface area contributed by atoms with Gasteiger partial charge in [0.1, 0.15) is 10.8 Å². The Kier molecular flexibility index (Phi) is 5.40. The van der Waals surface area contributed by atoms with Crippen LogP contribution in [0.15, 0.2) is 12.1 Å². The Morgan fingerprint density at radius 2 is 2.00 bits per heavy atom. The molecule has 0 bridgehead atoms. The SMILES string of the molecule is COc1cc(C=CC(=O)O)c(NC(C)=O)c(OC)c1Cl. The van der Waals surface area contributed by atoms with Gasteiger partial charge in [0, 0.05) is 18.6 Å². The molecule has 7 heteroatoms. The quantitative estimate of drug-likeness (QED) is 0.816. The van der Waals surface area contributed by atoms with E-state index in [1.165, 1.54) is 33.3 Å². The standard InChI is InChI=1S/C13H14ClNO5/c1-7(16)15-12-8(4-5-10(17)18)6-9(19-2)11(14)13(12)20-3/h4-6H,1-3H3,(H,15,16)(H,17,18). The zero-order valence-electron chi connectivity index (χ0n) is 11.2. The van der Waals surface area contributed by atoms with E-state index < -0.39 is 5.97 Å². The third kappa shape index (κ3) is 3.64. The van der Waals surface area contributed by atoms with E-state index in [1.54, 1.807) is 0 Å². The topological polar surface area (TPSA) is 84.9 Å². The molecule has 6 nitrogen and oxygen atoms in total. The van der Waals surface area contributed by atoms with Crippen LogP contribution in [0.2, 0.25) is 5.02 Å². The van der Waals surface area contributed by atoms with Crippen molar-refractivity contribution in [2.75, 3.05) is 19.5 Å². The predicted molar refractivity (Wildman–Crippen MR) is 75.5 cm³/mol. The van der Waals surface area contributed by atoms with Crippen molar-refractivity contribution in [3.05, 3.63) is 22.7 Å². The number of hydrogen-bond acceptors (Lipinski definition) is 4. The van der Waals surface area contributed by atoms with E-state index in [-0.39, 0.29) is 22.4 Å². The van der Waals surface area contributed by atoms with E-state index in [0.29, 0.717) is 11.3 Å². The average Bonchev–Trinajstić information content (AvgIpc) is 2.37. The lowest BCUT2D eigenvalue weighted by molar-refractivity contribution is -0.131. The summed E-state index contributed by atoms with van der Waals surface area (Å²) < 4.78 is 10.2. The number of hydrogen-bond donors (Lipinski definition) is 2. The molecule has 1 aromatic rings. The Morgan fingerprint density at radius 1 is 1.35 bits per heavy atom. The second-order valence-corrected chi connectivity index (χ2v) is 4.12. The molecule has 0 fully saturated rings. The smallest absolute Gasteiger partial charge is 0.328 e. The van der Waals surface area contributed by atoms with Crippen LogP contribution in [-0.4, -0.2) is 31.2 Å². The van der Waals surface area contributed by atoms with Crippen molar-refractivity contribution in [2.45, 2.75) is 6.92 Å². The highest BCUT2D eigenvalue weighted by molar-refractivity contribution is 6.34. The Bertz CT molecular complexity index is 568. The van der Waals surface area contributed by atoms with Crippen molar-refractivity contribution in [3.8, 4) is 11.5 Å².